The molecular formula is C18H21N3O3S. The lowest BCUT2D eigenvalue weighted by Crippen LogP contribution is -2.23. The Labute approximate surface area is 150 Å². The molecule has 4 rings (SSSR count). The van der Waals surface area contributed by atoms with Crippen LogP contribution < -0.4 is 14.8 Å². The van der Waals surface area contributed by atoms with Gasteiger partial charge in [0.05, 0.1) is 12.2 Å². The third-order valence-corrected chi connectivity index (χ3v) is 5.45. The van der Waals surface area contributed by atoms with Crippen LogP contribution in [0.2, 0.25) is 0 Å². The Balaban J connectivity index is 1.22. The van der Waals surface area contributed by atoms with Crippen molar-refractivity contribution in [2.24, 2.45) is 0 Å². The molecule has 2 aromatic rings. The van der Waals surface area contributed by atoms with E-state index in [9.17, 15) is 4.79 Å². The number of thioether (sulfide) groups is 1. The summed E-state index contributed by atoms with van der Waals surface area (Å²) in [5.41, 5.74) is 3.52. The van der Waals surface area contributed by atoms with E-state index in [0.29, 0.717) is 26.2 Å². The van der Waals surface area contributed by atoms with E-state index in [2.05, 4.69) is 15.5 Å². The monoisotopic (exact) mass is 359 g/mol. The van der Waals surface area contributed by atoms with Gasteiger partial charge < -0.3 is 14.8 Å². The van der Waals surface area contributed by atoms with Gasteiger partial charge in [0.2, 0.25) is 5.91 Å². The van der Waals surface area contributed by atoms with Crippen molar-refractivity contribution < 1.29 is 14.3 Å². The number of benzene rings is 1. The van der Waals surface area contributed by atoms with Crippen LogP contribution in [0.15, 0.2) is 23.1 Å². The predicted octanol–water partition coefficient (Wildman–Crippen LogP) is 2.47. The van der Waals surface area contributed by atoms with Gasteiger partial charge in [-0.05, 0) is 43.0 Å². The molecule has 6 nitrogen and oxygen atoms in total. The zero-order chi connectivity index (χ0) is 17.1. The van der Waals surface area contributed by atoms with Crippen LogP contribution in [-0.4, -0.2) is 35.1 Å². The number of fused-ring (bicyclic) bond motifs is 2. The number of aromatic nitrogens is 2. The van der Waals surface area contributed by atoms with Crippen LogP contribution in [0.5, 0.6) is 11.5 Å². The van der Waals surface area contributed by atoms with Gasteiger partial charge in [-0.3, -0.25) is 9.89 Å². The van der Waals surface area contributed by atoms with Crippen LogP contribution in [0.4, 0.5) is 0 Å². The van der Waals surface area contributed by atoms with E-state index in [-0.39, 0.29) is 5.91 Å². The Hall–Kier alpha value is -2.15. The number of hydrogen-bond acceptors (Lipinski definition) is 5. The number of aryl methyl sites for hydroxylation is 1. The summed E-state index contributed by atoms with van der Waals surface area (Å²) in [6.45, 7) is 1.69. The quantitative estimate of drug-likeness (QED) is 0.775. The van der Waals surface area contributed by atoms with E-state index in [1.54, 1.807) is 11.8 Å². The van der Waals surface area contributed by atoms with E-state index in [1.165, 1.54) is 17.7 Å². The maximum absolute atomic E-state index is 12.1. The second kappa shape index (κ2) is 7.39. The molecule has 2 aliphatic rings. The van der Waals surface area contributed by atoms with Gasteiger partial charge in [-0.1, -0.05) is 0 Å². The van der Waals surface area contributed by atoms with E-state index in [4.69, 9.17) is 9.47 Å². The molecule has 1 aliphatic heterocycles. The fraction of sp³-hybridized carbons (Fsp3) is 0.444. The first-order chi connectivity index (χ1) is 12.3. The normalized spacial score (nSPS) is 15.0. The zero-order valence-electron chi connectivity index (χ0n) is 14.0. The number of hydrogen-bond donors (Lipinski definition) is 2. The number of ether oxygens (including phenoxy) is 2. The van der Waals surface area contributed by atoms with Crippen LogP contribution in [0.1, 0.15) is 29.8 Å². The molecule has 25 heavy (non-hydrogen) atoms. The Morgan fingerprint density at radius 3 is 3.04 bits per heavy atom. The highest BCUT2D eigenvalue weighted by atomic mass is 32.2. The van der Waals surface area contributed by atoms with Gasteiger partial charge in [-0.2, -0.15) is 5.10 Å². The molecule has 0 saturated carbocycles. The van der Waals surface area contributed by atoms with E-state index >= 15 is 0 Å². The minimum absolute atomic E-state index is 0.0554. The summed E-state index contributed by atoms with van der Waals surface area (Å²) in [7, 11) is 0. The molecule has 0 spiro atoms. The summed E-state index contributed by atoms with van der Waals surface area (Å²) in [5, 5.41) is 10.4. The highest BCUT2D eigenvalue weighted by Gasteiger charge is 2.18. The first-order valence-electron chi connectivity index (χ1n) is 8.64. The Morgan fingerprint density at radius 1 is 1.24 bits per heavy atom. The first-order valence-corrected chi connectivity index (χ1v) is 9.62. The summed E-state index contributed by atoms with van der Waals surface area (Å²) in [6, 6.07) is 5.91. The third-order valence-electron chi connectivity index (χ3n) is 4.46. The molecular weight excluding hydrogens is 338 g/mol. The van der Waals surface area contributed by atoms with Crippen molar-refractivity contribution in [1.29, 1.82) is 0 Å². The minimum atomic E-state index is 0.0554. The van der Waals surface area contributed by atoms with Gasteiger partial charge in [0.15, 0.2) is 11.5 Å². The summed E-state index contributed by atoms with van der Waals surface area (Å²) in [6.07, 6.45) is 3.79. The number of carbonyl (C=O) groups excluding carboxylic acids is 1. The average molecular weight is 359 g/mol. The molecule has 0 saturated heterocycles. The standard InChI is InChI=1S/C18H21N3O3S/c22-18(19-11-15-13-2-1-3-14(13)20-21-15)6-9-25-12-4-5-16-17(10-12)24-8-7-23-16/h4-5,10H,1-3,6-9,11H2,(H,19,22)(H,20,21). The first kappa shape index (κ1) is 16.3. The van der Waals surface area contributed by atoms with Crippen LogP contribution in [0, 0.1) is 0 Å². The summed E-state index contributed by atoms with van der Waals surface area (Å²) < 4.78 is 11.1. The Morgan fingerprint density at radius 2 is 2.12 bits per heavy atom. The van der Waals surface area contributed by atoms with Crippen molar-refractivity contribution in [3.8, 4) is 11.5 Å². The van der Waals surface area contributed by atoms with Crippen molar-refractivity contribution in [3.63, 3.8) is 0 Å². The lowest BCUT2D eigenvalue weighted by molar-refractivity contribution is -0.120. The second-order valence-corrected chi connectivity index (χ2v) is 7.33. The van der Waals surface area contributed by atoms with Crippen LogP contribution in [-0.2, 0) is 24.2 Å². The SMILES string of the molecule is O=C(CCSc1ccc2c(c1)OCCO2)NCc1n[nH]c2c1CCC2. The topological polar surface area (TPSA) is 76.2 Å². The zero-order valence-corrected chi connectivity index (χ0v) is 14.8. The number of aromatic amines is 1. The van der Waals surface area contributed by atoms with Gasteiger partial charge >= 0.3 is 0 Å². The Kier molecular flexibility index (Phi) is 4.83. The van der Waals surface area contributed by atoms with Crippen LogP contribution >= 0.6 is 11.8 Å². The molecule has 132 valence electrons. The van der Waals surface area contributed by atoms with Crippen LogP contribution in [0.3, 0.4) is 0 Å². The van der Waals surface area contributed by atoms with E-state index < -0.39 is 0 Å². The number of nitrogens with zero attached hydrogens (tertiary/aromatic N) is 1. The molecule has 0 unspecified atom stereocenters. The van der Waals surface area contributed by atoms with Gasteiger partial charge in [0.1, 0.15) is 13.2 Å². The van der Waals surface area contributed by atoms with Crippen molar-refractivity contribution in [3.05, 3.63) is 35.2 Å². The number of rotatable bonds is 6. The molecule has 2 heterocycles. The van der Waals surface area contributed by atoms with Crippen molar-refractivity contribution in [2.45, 2.75) is 37.1 Å². The summed E-state index contributed by atoms with van der Waals surface area (Å²) in [4.78, 5) is 13.1. The van der Waals surface area contributed by atoms with Gasteiger partial charge in [-0.25, -0.2) is 0 Å². The lowest BCUT2D eigenvalue weighted by Gasteiger charge is -2.18. The van der Waals surface area contributed by atoms with E-state index in [1.807, 2.05) is 18.2 Å². The number of carbonyl (C=O) groups is 1. The smallest absolute Gasteiger partial charge is 0.221 e. The highest BCUT2D eigenvalue weighted by Crippen LogP contribution is 2.34. The van der Waals surface area contributed by atoms with Crippen molar-refractivity contribution in [1.82, 2.24) is 15.5 Å². The highest BCUT2D eigenvalue weighted by molar-refractivity contribution is 7.99. The molecule has 7 heteroatoms. The molecule has 0 radical (unpaired) electrons. The largest absolute Gasteiger partial charge is 0.486 e. The Bertz CT molecular complexity index is 775. The number of nitrogens with one attached hydrogen (secondary N) is 2. The molecule has 0 fully saturated rings. The second-order valence-electron chi connectivity index (χ2n) is 6.16. The molecule has 1 aromatic carbocycles. The molecule has 1 amide bonds. The maximum Gasteiger partial charge on any atom is 0.221 e. The average Bonchev–Trinajstić information content (AvgIpc) is 3.24. The lowest BCUT2D eigenvalue weighted by atomic mass is 10.2. The van der Waals surface area contributed by atoms with Gasteiger partial charge in [0, 0.05) is 22.8 Å². The van der Waals surface area contributed by atoms with Crippen LogP contribution in [0.25, 0.3) is 0 Å². The third kappa shape index (κ3) is 3.76. The van der Waals surface area contributed by atoms with Gasteiger partial charge in [-0.15, -0.1) is 11.8 Å². The molecule has 2 N–H and O–H groups in total. The van der Waals surface area contributed by atoms with Crippen molar-refractivity contribution in [2.75, 3.05) is 19.0 Å². The minimum Gasteiger partial charge on any atom is -0.486 e. The number of amides is 1. The maximum atomic E-state index is 12.1. The molecule has 0 atom stereocenters. The number of H-pyrrole nitrogens is 1. The summed E-state index contributed by atoms with van der Waals surface area (Å²) in [5.74, 6) is 2.36. The van der Waals surface area contributed by atoms with Crippen molar-refractivity contribution >= 4 is 17.7 Å². The molecule has 0 bridgehead atoms. The summed E-state index contributed by atoms with van der Waals surface area (Å²) >= 11 is 1.65. The van der Waals surface area contributed by atoms with E-state index in [0.717, 1.165) is 40.7 Å². The molecule has 1 aromatic heterocycles. The van der Waals surface area contributed by atoms with Gasteiger partial charge in [0.25, 0.3) is 0 Å². The fourth-order valence-corrected chi connectivity index (χ4v) is 4.06. The fourth-order valence-electron chi connectivity index (χ4n) is 3.18. The molecule has 1 aliphatic carbocycles. The predicted molar refractivity (Wildman–Crippen MR) is 95.2 cm³/mol.